The lowest BCUT2D eigenvalue weighted by molar-refractivity contribution is -0.135. The van der Waals surface area contributed by atoms with Crippen molar-refractivity contribution in [2.75, 3.05) is 26.7 Å². The maximum atomic E-state index is 13.3. The molecule has 11 heteroatoms. The highest BCUT2D eigenvalue weighted by atomic mass is 16.5. The van der Waals surface area contributed by atoms with Crippen LogP contribution in [0.1, 0.15) is 54.0 Å². The molecule has 0 unspecified atom stereocenters. The van der Waals surface area contributed by atoms with Gasteiger partial charge < -0.3 is 25.6 Å². The van der Waals surface area contributed by atoms with E-state index in [1.165, 1.54) is 4.90 Å². The molecule has 1 aliphatic rings. The van der Waals surface area contributed by atoms with Crippen LogP contribution in [0.15, 0.2) is 24.3 Å². The summed E-state index contributed by atoms with van der Waals surface area (Å²) in [6, 6.07) is 5.48. The lowest BCUT2D eigenvalue weighted by atomic mass is 10.1. The van der Waals surface area contributed by atoms with E-state index in [-0.39, 0.29) is 55.3 Å². The molecule has 1 aromatic carbocycles. The van der Waals surface area contributed by atoms with E-state index in [0.29, 0.717) is 18.7 Å². The van der Waals surface area contributed by atoms with E-state index in [2.05, 4.69) is 21.0 Å². The lowest BCUT2D eigenvalue weighted by Crippen LogP contribution is -2.48. The van der Waals surface area contributed by atoms with E-state index in [4.69, 9.17) is 4.74 Å². The predicted molar refractivity (Wildman–Crippen MR) is 146 cm³/mol. The van der Waals surface area contributed by atoms with Gasteiger partial charge in [-0.1, -0.05) is 26.0 Å². The molecule has 0 spiro atoms. The van der Waals surface area contributed by atoms with E-state index in [1.54, 1.807) is 36.0 Å². The number of fused-ring (bicyclic) bond motifs is 1. The number of benzene rings is 1. The van der Waals surface area contributed by atoms with Crippen molar-refractivity contribution in [3.63, 3.8) is 0 Å². The number of aromatic nitrogens is 2. The highest BCUT2D eigenvalue weighted by Crippen LogP contribution is 2.20. The Hall–Kier alpha value is -3.89. The first-order chi connectivity index (χ1) is 18.5. The molecule has 11 nitrogen and oxygen atoms in total. The third-order valence-corrected chi connectivity index (χ3v) is 7.11. The highest BCUT2D eigenvalue weighted by molar-refractivity contribution is 5.99. The van der Waals surface area contributed by atoms with Gasteiger partial charge in [-0.15, -0.1) is 0 Å². The van der Waals surface area contributed by atoms with E-state index in [9.17, 15) is 19.2 Å². The largest absolute Gasteiger partial charge is 0.491 e. The Bertz CT molecular complexity index is 1210. The fourth-order valence-corrected chi connectivity index (χ4v) is 4.49. The van der Waals surface area contributed by atoms with E-state index < -0.39 is 17.9 Å². The Labute approximate surface area is 229 Å². The molecule has 4 amide bonds. The van der Waals surface area contributed by atoms with Crippen LogP contribution in [0.2, 0.25) is 0 Å². The Morgan fingerprint density at radius 1 is 1.15 bits per heavy atom. The fraction of sp³-hybridized carbons (Fsp3) is 0.536. The van der Waals surface area contributed by atoms with Crippen LogP contribution < -0.4 is 20.7 Å². The molecule has 212 valence electrons. The number of carbonyl (C=O) groups excluding carboxylic acids is 4. The molecule has 2 heterocycles. The number of para-hydroxylation sites is 1. The summed E-state index contributed by atoms with van der Waals surface area (Å²) in [4.78, 5) is 53.3. The zero-order chi connectivity index (χ0) is 28.7. The molecule has 0 saturated heterocycles. The molecule has 39 heavy (non-hydrogen) atoms. The van der Waals surface area contributed by atoms with Gasteiger partial charge in [-0.2, -0.15) is 5.10 Å². The van der Waals surface area contributed by atoms with Crippen molar-refractivity contribution in [3.05, 3.63) is 46.8 Å². The van der Waals surface area contributed by atoms with Gasteiger partial charge in [0.1, 0.15) is 18.4 Å². The third kappa shape index (κ3) is 7.81. The molecular formula is C28H40N6O5. The highest BCUT2D eigenvalue weighted by Gasteiger charge is 2.27. The second-order valence-electron chi connectivity index (χ2n) is 10.4. The van der Waals surface area contributed by atoms with Crippen LogP contribution in [-0.4, -0.2) is 77.1 Å². The molecular weight excluding hydrogens is 500 g/mol. The van der Waals surface area contributed by atoms with Crippen molar-refractivity contribution < 1.29 is 23.9 Å². The summed E-state index contributed by atoms with van der Waals surface area (Å²) in [5.41, 5.74) is 3.26. The summed E-state index contributed by atoms with van der Waals surface area (Å²) in [5, 5.41) is 13.0. The molecule has 0 radical (unpaired) electrons. The number of carbonyl (C=O) groups is 4. The molecule has 3 N–H and O–H groups in total. The quantitative estimate of drug-likeness (QED) is 0.523. The Kier molecular flexibility index (Phi) is 10.1. The second kappa shape index (κ2) is 13.3. The minimum Gasteiger partial charge on any atom is -0.491 e. The second-order valence-corrected chi connectivity index (χ2v) is 10.4. The average Bonchev–Trinajstić information content (AvgIpc) is 3.13. The summed E-state index contributed by atoms with van der Waals surface area (Å²) < 4.78 is 7.78. The van der Waals surface area contributed by atoms with Gasteiger partial charge in [0.2, 0.25) is 17.7 Å². The summed E-state index contributed by atoms with van der Waals surface area (Å²) in [6.45, 7) is 8.18. The SMILES string of the molecule is Cc1nn(C)c(C)c1CCNC(=O)[C@@H]1CCC(=O)N(C)CC(=O)N[C@@H](C(C)C)COc2ccccc2C(=O)N1. The number of nitrogens with zero attached hydrogens (tertiary/aromatic N) is 3. The minimum absolute atomic E-state index is 0.0191. The predicted octanol–water partition coefficient (Wildman–Crippen LogP) is 1.27. The standard InChI is InChI=1S/C28H40N6O5/c1-17(2)23-16-39-24-10-8-7-9-21(24)27(37)31-22(11-12-26(36)33(5)15-25(35)30-23)28(38)29-14-13-20-18(3)32-34(6)19(20)4/h7-10,17,22-23H,11-16H2,1-6H3,(H,29,38)(H,30,35)(H,31,37)/t22-,23+/m0/s1. The first-order valence-corrected chi connectivity index (χ1v) is 13.3. The summed E-state index contributed by atoms with van der Waals surface area (Å²) >= 11 is 0. The van der Waals surface area contributed by atoms with Crippen molar-refractivity contribution in [2.24, 2.45) is 13.0 Å². The van der Waals surface area contributed by atoms with Gasteiger partial charge in [0.25, 0.3) is 5.91 Å². The van der Waals surface area contributed by atoms with Gasteiger partial charge in [-0.3, -0.25) is 23.9 Å². The first kappa shape index (κ1) is 29.7. The topological polar surface area (TPSA) is 135 Å². The Morgan fingerprint density at radius 2 is 1.87 bits per heavy atom. The average molecular weight is 541 g/mol. The summed E-state index contributed by atoms with van der Waals surface area (Å²) in [7, 11) is 3.42. The Balaban J connectivity index is 1.80. The molecule has 1 aromatic heterocycles. The summed E-state index contributed by atoms with van der Waals surface area (Å²) in [6.07, 6.45) is 0.641. The van der Waals surface area contributed by atoms with Crippen molar-refractivity contribution >= 4 is 23.6 Å². The van der Waals surface area contributed by atoms with E-state index in [0.717, 1.165) is 17.0 Å². The lowest BCUT2D eigenvalue weighted by Gasteiger charge is -2.24. The molecule has 2 atom stereocenters. The zero-order valence-corrected chi connectivity index (χ0v) is 23.7. The minimum atomic E-state index is -0.957. The van der Waals surface area contributed by atoms with Crippen LogP contribution in [0.3, 0.4) is 0 Å². The number of amides is 4. The first-order valence-electron chi connectivity index (χ1n) is 13.3. The molecule has 3 rings (SSSR count). The zero-order valence-electron chi connectivity index (χ0n) is 23.7. The maximum Gasteiger partial charge on any atom is 0.255 e. The van der Waals surface area contributed by atoms with Crippen LogP contribution in [0, 0.1) is 19.8 Å². The van der Waals surface area contributed by atoms with Crippen molar-refractivity contribution in [1.29, 1.82) is 0 Å². The van der Waals surface area contributed by atoms with Crippen LogP contribution >= 0.6 is 0 Å². The normalized spacial score (nSPS) is 19.4. The fourth-order valence-electron chi connectivity index (χ4n) is 4.49. The van der Waals surface area contributed by atoms with Crippen LogP contribution in [0.4, 0.5) is 0 Å². The molecule has 1 aliphatic heterocycles. The number of nitrogens with one attached hydrogen (secondary N) is 3. The number of likely N-dealkylation sites (N-methyl/N-ethyl adjacent to an activating group) is 1. The Morgan fingerprint density at radius 3 is 2.54 bits per heavy atom. The monoisotopic (exact) mass is 540 g/mol. The third-order valence-electron chi connectivity index (χ3n) is 7.11. The van der Waals surface area contributed by atoms with Gasteiger partial charge in [0.05, 0.1) is 23.8 Å². The smallest absolute Gasteiger partial charge is 0.255 e. The molecule has 0 aliphatic carbocycles. The molecule has 0 bridgehead atoms. The summed E-state index contributed by atoms with van der Waals surface area (Å²) in [5.74, 6) is -1.07. The molecule has 2 aromatic rings. The van der Waals surface area contributed by atoms with E-state index in [1.807, 2.05) is 34.7 Å². The van der Waals surface area contributed by atoms with Gasteiger partial charge in [-0.25, -0.2) is 0 Å². The number of ether oxygens (including phenoxy) is 1. The van der Waals surface area contributed by atoms with E-state index >= 15 is 0 Å². The number of hydrogen-bond acceptors (Lipinski definition) is 6. The van der Waals surface area contributed by atoms with Crippen LogP contribution in [-0.2, 0) is 27.9 Å². The van der Waals surface area contributed by atoms with Crippen LogP contribution in [0.25, 0.3) is 0 Å². The van der Waals surface area contributed by atoms with Crippen molar-refractivity contribution in [3.8, 4) is 5.75 Å². The van der Waals surface area contributed by atoms with Gasteiger partial charge in [0.15, 0.2) is 0 Å². The maximum absolute atomic E-state index is 13.3. The molecule has 0 saturated carbocycles. The van der Waals surface area contributed by atoms with Gasteiger partial charge in [-0.05, 0) is 50.3 Å². The van der Waals surface area contributed by atoms with Crippen LogP contribution in [0.5, 0.6) is 5.75 Å². The number of hydrogen-bond donors (Lipinski definition) is 3. The van der Waals surface area contributed by atoms with Gasteiger partial charge >= 0.3 is 0 Å². The number of rotatable bonds is 5. The molecule has 0 fully saturated rings. The van der Waals surface area contributed by atoms with Crippen molar-refractivity contribution in [2.45, 2.75) is 59.0 Å². The number of aryl methyl sites for hydroxylation is 2. The van der Waals surface area contributed by atoms with Gasteiger partial charge in [0, 0.05) is 32.8 Å². The van der Waals surface area contributed by atoms with Crippen molar-refractivity contribution in [1.82, 2.24) is 30.6 Å².